The van der Waals surface area contributed by atoms with Crippen LogP contribution in [0.5, 0.6) is 11.5 Å². The molecular weight excluding hydrogens is 625 g/mol. The first-order valence-corrected chi connectivity index (χ1v) is 20.0. The molecular formula is C47H52N2O2. The zero-order valence-electron chi connectivity index (χ0n) is 30.3. The molecule has 0 atom stereocenters. The number of nitrogen functional groups attached to an aromatic ring is 2. The van der Waals surface area contributed by atoms with Gasteiger partial charge in [0.05, 0.1) is 16.8 Å². The van der Waals surface area contributed by atoms with E-state index in [0.29, 0.717) is 11.4 Å². The molecule has 0 unspecified atom stereocenters. The van der Waals surface area contributed by atoms with E-state index in [9.17, 15) is 10.2 Å². The lowest BCUT2D eigenvalue weighted by Crippen LogP contribution is -2.48. The van der Waals surface area contributed by atoms with E-state index in [4.69, 9.17) is 11.5 Å². The number of rotatable bonds is 4. The maximum atomic E-state index is 11.0. The average molecular weight is 677 g/mol. The Balaban J connectivity index is 1.21. The number of hydrogen-bond acceptors (Lipinski definition) is 4. The Bertz CT molecular complexity index is 1890. The molecule has 0 spiro atoms. The predicted molar refractivity (Wildman–Crippen MR) is 205 cm³/mol. The molecule has 8 fully saturated rings. The highest BCUT2D eigenvalue weighted by atomic mass is 16.3. The molecule has 51 heavy (non-hydrogen) atoms. The van der Waals surface area contributed by atoms with Crippen LogP contribution in [-0.2, 0) is 16.2 Å². The maximum Gasteiger partial charge on any atom is 0.141 e. The summed E-state index contributed by atoms with van der Waals surface area (Å²) in [5.41, 5.74) is 25.8. The number of nitrogens with two attached hydrogens (primary N) is 2. The van der Waals surface area contributed by atoms with Gasteiger partial charge in [-0.25, -0.2) is 0 Å². The molecule has 0 aliphatic heterocycles. The van der Waals surface area contributed by atoms with Crippen LogP contribution in [-0.4, -0.2) is 10.2 Å². The predicted octanol–water partition coefficient (Wildman–Crippen LogP) is 10.2. The fourth-order valence-electron chi connectivity index (χ4n) is 14.7. The van der Waals surface area contributed by atoms with Gasteiger partial charge >= 0.3 is 0 Å². The fourth-order valence-corrected chi connectivity index (χ4v) is 14.7. The topological polar surface area (TPSA) is 92.5 Å². The zero-order valence-corrected chi connectivity index (χ0v) is 30.3. The van der Waals surface area contributed by atoms with Gasteiger partial charge in [0.1, 0.15) is 11.5 Å². The first kappa shape index (κ1) is 30.7. The third-order valence-corrected chi connectivity index (χ3v) is 16.0. The van der Waals surface area contributed by atoms with Gasteiger partial charge in [0, 0.05) is 0 Å². The standard InChI is InChI=1S/C47H52N2O2/c1-25-7-35(17-41(48)43(25)50)47(36-8-26(2)44(51)42(49)18-36)39-15-33(45-19-27-9-28(20-45)11-29(10-27)21-45)3-5-37(39)38-6-4-34(16-40(38)47)46-22-30-12-31(23-46)14-32(13-30)24-46/h3-8,15-18,27-32,50-51H,9-14,19-24,48-49H2,1-2H3. The molecule has 4 aromatic rings. The summed E-state index contributed by atoms with van der Waals surface area (Å²) in [5.74, 6) is 5.43. The van der Waals surface area contributed by atoms with Crippen molar-refractivity contribution in [2.45, 2.75) is 107 Å². The Morgan fingerprint density at radius 1 is 0.471 bits per heavy atom. The molecule has 8 saturated carbocycles. The number of phenols is 2. The first-order chi connectivity index (χ1) is 24.5. The van der Waals surface area contributed by atoms with E-state index in [-0.39, 0.29) is 22.3 Å². The summed E-state index contributed by atoms with van der Waals surface area (Å²) >= 11 is 0. The largest absolute Gasteiger partial charge is 0.506 e. The highest BCUT2D eigenvalue weighted by molar-refractivity contribution is 5.88. The minimum Gasteiger partial charge on any atom is -0.506 e. The van der Waals surface area contributed by atoms with Crippen molar-refractivity contribution in [1.29, 1.82) is 0 Å². The van der Waals surface area contributed by atoms with Gasteiger partial charge in [-0.1, -0.05) is 48.5 Å². The van der Waals surface area contributed by atoms with E-state index in [1.807, 2.05) is 26.0 Å². The molecule has 262 valence electrons. The van der Waals surface area contributed by atoms with Crippen LogP contribution in [0.1, 0.15) is 122 Å². The molecule has 4 heteroatoms. The normalized spacial score (nSPS) is 34.5. The van der Waals surface area contributed by atoms with E-state index >= 15 is 0 Å². The van der Waals surface area contributed by atoms with Gasteiger partial charge in [0.15, 0.2) is 0 Å². The molecule has 0 aromatic heterocycles. The van der Waals surface area contributed by atoms with Crippen LogP contribution < -0.4 is 11.5 Å². The third kappa shape index (κ3) is 4.08. The fraction of sp³-hybridized carbons (Fsp3) is 0.489. The number of benzene rings is 4. The number of hydrogen-bond donors (Lipinski definition) is 4. The second-order valence-electron chi connectivity index (χ2n) is 19.1. The molecule has 9 aliphatic rings. The van der Waals surface area contributed by atoms with Crippen molar-refractivity contribution in [2.75, 3.05) is 11.5 Å². The summed E-state index contributed by atoms with van der Waals surface area (Å²) in [6, 6.07) is 23.5. The molecule has 13 rings (SSSR count). The van der Waals surface area contributed by atoms with Crippen LogP contribution in [0.4, 0.5) is 11.4 Å². The molecule has 4 nitrogen and oxygen atoms in total. The number of aryl methyl sites for hydroxylation is 2. The van der Waals surface area contributed by atoms with Gasteiger partial charge in [0.25, 0.3) is 0 Å². The second-order valence-corrected chi connectivity index (χ2v) is 19.1. The minimum atomic E-state index is -0.722. The minimum absolute atomic E-state index is 0.151. The zero-order chi connectivity index (χ0) is 34.6. The summed E-state index contributed by atoms with van der Waals surface area (Å²) in [6.45, 7) is 3.93. The smallest absolute Gasteiger partial charge is 0.141 e. The monoisotopic (exact) mass is 676 g/mol. The number of aromatic hydroxyl groups is 2. The van der Waals surface area contributed by atoms with Gasteiger partial charge in [-0.3, -0.25) is 0 Å². The van der Waals surface area contributed by atoms with Crippen LogP contribution in [0.3, 0.4) is 0 Å². The van der Waals surface area contributed by atoms with E-state index in [1.54, 1.807) is 0 Å². The van der Waals surface area contributed by atoms with E-state index in [1.165, 1.54) is 110 Å². The molecule has 4 aromatic carbocycles. The maximum absolute atomic E-state index is 11.0. The number of phenolic OH excluding ortho intramolecular Hbond substituents is 2. The molecule has 0 amide bonds. The van der Waals surface area contributed by atoms with Crippen molar-refractivity contribution in [2.24, 2.45) is 35.5 Å². The summed E-state index contributed by atoms with van der Waals surface area (Å²) in [7, 11) is 0. The third-order valence-electron chi connectivity index (χ3n) is 16.0. The van der Waals surface area contributed by atoms with Crippen molar-refractivity contribution in [3.05, 3.63) is 105 Å². The van der Waals surface area contributed by atoms with Crippen molar-refractivity contribution in [3.8, 4) is 22.6 Å². The van der Waals surface area contributed by atoms with Crippen LogP contribution >= 0.6 is 0 Å². The highest BCUT2D eigenvalue weighted by Crippen LogP contribution is 2.65. The summed E-state index contributed by atoms with van der Waals surface area (Å²) < 4.78 is 0. The van der Waals surface area contributed by atoms with Gasteiger partial charge in [-0.05, 0) is 205 Å². The Hall–Kier alpha value is -3.92. The van der Waals surface area contributed by atoms with Crippen LogP contribution in [0.2, 0.25) is 0 Å². The van der Waals surface area contributed by atoms with Gasteiger partial charge in [-0.2, -0.15) is 0 Å². The molecule has 0 saturated heterocycles. The second kappa shape index (κ2) is 10.1. The summed E-state index contributed by atoms with van der Waals surface area (Å²) in [6.07, 6.45) is 16.4. The van der Waals surface area contributed by atoms with Crippen LogP contribution in [0.25, 0.3) is 11.1 Å². The lowest BCUT2D eigenvalue weighted by atomic mass is 9.47. The average Bonchev–Trinajstić information content (AvgIpc) is 3.38. The first-order valence-electron chi connectivity index (χ1n) is 20.0. The summed E-state index contributed by atoms with van der Waals surface area (Å²) in [4.78, 5) is 0. The van der Waals surface area contributed by atoms with Crippen LogP contribution in [0.15, 0.2) is 60.7 Å². The van der Waals surface area contributed by atoms with Gasteiger partial charge in [-0.15, -0.1) is 0 Å². The molecule has 0 heterocycles. The molecule has 9 aliphatic carbocycles. The van der Waals surface area contributed by atoms with Gasteiger partial charge < -0.3 is 21.7 Å². The van der Waals surface area contributed by atoms with Crippen LogP contribution in [0, 0.1) is 49.4 Å². The SMILES string of the molecule is Cc1cc(C2(c3cc(C)c(O)c(N)c3)c3cc(C45CC6CC(CC(C6)C4)C5)ccc3-c3ccc(C45CC6CC(CC(C6)C4)C5)cc32)cc(N)c1O. The Kier molecular flexibility index (Phi) is 6.10. The Labute approximate surface area is 302 Å². The molecule has 6 N–H and O–H groups in total. The van der Waals surface area contributed by atoms with Gasteiger partial charge in [0.2, 0.25) is 0 Å². The number of anilines is 2. The Morgan fingerprint density at radius 3 is 1.12 bits per heavy atom. The molecule has 8 bridgehead atoms. The van der Waals surface area contributed by atoms with Crippen molar-refractivity contribution in [1.82, 2.24) is 0 Å². The van der Waals surface area contributed by atoms with E-state index in [0.717, 1.165) is 57.8 Å². The van der Waals surface area contributed by atoms with Crippen molar-refractivity contribution >= 4 is 11.4 Å². The summed E-state index contributed by atoms with van der Waals surface area (Å²) in [5, 5.41) is 22.1. The van der Waals surface area contributed by atoms with Crippen molar-refractivity contribution < 1.29 is 10.2 Å². The van der Waals surface area contributed by atoms with E-state index in [2.05, 4.69) is 48.5 Å². The highest BCUT2D eigenvalue weighted by Gasteiger charge is 2.55. The number of fused-ring (bicyclic) bond motifs is 3. The quantitative estimate of drug-likeness (QED) is 0.113. The van der Waals surface area contributed by atoms with Crippen molar-refractivity contribution in [3.63, 3.8) is 0 Å². The molecule has 0 radical (unpaired) electrons. The van der Waals surface area contributed by atoms with E-state index < -0.39 is 5.41 Å². The Morgan fingerprint density at radius 2 is 0.804 bits per heavy atom. The lowest BCUT2D eigenvalue weighted by molar-refractivity contribution is -0.00530. The lowest BCUT2D eigenvalue weighted by Gasteiger charge is -2.57.